The Kier molecular flexibility index (Phi) is 6.74. The van der Waals surface area contributed by atoms with E-state index in [2.05, 4.69) is 38.9 Å². The van der Waals surface area contributed by atoms with E-state index >= 15 is 0 Å². The zero-order chi connectivity index (χ0) is 20.2. The molecule has 9 heteroatoms. The standard InChI is InChI=1S/C20H24ClN5OS2/c1-14(2)11-26-19(25-7-9-27-10-8-25)23-24-20(26)29-13-15-12-28-18(22-15)16-5-3-4-6-17(16)21/h3-6,12,14H,7-11,13H2,1-2H3. The van der Waals surface area contributed by atoms with E-state index in [0.717, 1.165) is 71.0 Å². The van der Waals surface area contributed by atoms with Gasteiger partial charge in [0.1, 0.15) is 5.01 Å². The molecular weight excluding hydrogens is 426 g/mol. The predicted octanol–water partition coefficient (Wildman–Crippen LogP) is 4.84. The number of hydrogen-bond donors (Lipinski definition) is 0. The number of aromatic nitrogens is 4. The average Bonchev–Trinajstić information content (AvgIpc) is 3.34. The zero-order valence-corrected chi connectivity index (χ0v) is 18.9. The van der Waals surface area contributed by atoms with Crippen molar-refractivity contribution < 1.29 is 4.74 Å². The van der Waals surface area contributed by atoms with Crippen LogP contribution in [0.1, 0.15) is 19.5 Å². The number of thiazole rings is 1. The molecule has 0 bridgehead atoms. The molecule has 2 aromatic heterocycles. The number of rotatable bonds is 7. The molecule has 0 radical (unpaired) electrons. The van der Waals surface area contributed by atoms with Crippen LogP contribution >= 0.6 is 34.7 Å². The van der Waals surface area contributed by atoms with Gasteiger partial charge in [-0.3, -0.25) is 4.57 Å². The van der Waals surface area contributed by atoms with Crippen molar-refractivity contribution in [3.63, 3.8) is 0 Å². The van der Waals surface area contributed by atoms with Crippen LogP contribution in [0.25, 0.3) is 10.6 Å². The predicted molar refractivity (Wildman–Crippen MR) is 120 cm³/mol. The van der Waals surface area contributed by atoms with Crippen LogP contribution in [0.2, 0.25) is 5.02 Å². The minimum atomic E-state index is 0.510. The first-order valence-electron chi connectivity index (χ1n) is 9.70. The Bertz CT molecular complexity index is 952. The van der Waals surface area contributed by atoms with Crippen molar-refractivity contribution in [2.24, 2.45) is 5.92 Å². The minimum Gasteiger partial charge on any atom is -0.378 e. The molecule has 3 heterocycles. The molecule has 0 atom stereocenters. The number of thioether (sulfide) groups is 1. The van der Waals surface area contributed by atoms with Crippen LogP contribution in [-0.4, -0.2) is 46.1 Å². The molecule has 1 fully saturated rings. The Morgan fingerprint density at radius 3 is 2.76 bits per heavy atom. The van der Waals surface area contributed by atoms with Gasteiger partial charge >= 0.3 is 0 Å². The van der Waals surface area contributed by atoms with Crippen LogP contribution in [0, 0.1) is 5.92 Å². The first-order valence-corrected chi connectivity index (χ1v) is 11.9. The molecule has 3 aromatic rings. The number of halogens is 1. The number of anilines is 1. The molecule has 4 rings (SSSR count). The lowest BCUT2D eigenvalue weighted by Crippen LogP contribution is -2.38. The maximum Gasteiger partial charge on any atom is 0.228 e. The smallest absolute Gasteiger partial charge is 0.228 e. The van der Waals surface area contributed by atoms with Gasteiger partial charge in [-0.2, -0.15) is 0 Å². The maximum absolute atomic E-state index is 6.31. The monoisotopic (exact) mass is 449 g/mol. The van der Waals surface area contributed by atoms with Crippen molar-refractivity contribution in [1.29, 1.82) is 0 Å². The summed E-state index contributed by atoms with van der Waals surface area (Å²) >= 11 is 9.62. The largest absolute Gasteiger partial charge is 0.378 e. The van der Waals surface area contributed by atoms with Gasteiger partial charge in [-0.1, -0.05) is 55.4 Å². The second-order valence-corrected chi connectivity index (χ2v) is 9.51. The van der Waals surface area contributed by atoms with E-state index in [1.807, 2.05) is 24.3 Å². The summed E-state index contributed by atoms with van der Waals surface area (Å²) in [5.74, 6) is 2.20. The number of nitrogens with zero attached hydrogens (tertiary/aromatic N) is 5. The van der Waals surface area contributed by atoms with Gasteiger partial charge in [0.25, 0.3) is 0 Å². The summed E-state index contributed by atoms with van der Waals surface area (Å²) in [5.41, 5.74) is 2.01. The molecule has 1 aromatic carbocycles. The molecule has 0 aliphatic carbocycles. The van der Waals surface area contributed by atoms with Gasteiger partial charge in [-0.25, -0.2) is 4.98 Å². The molecule has 1 saturated heterocycles. The summed E-state index contributed by atoms with van der Waals surface area (Å²) in [6.45, 7) is 8.51. The van der Waals surface area contributed by atoms with Crippen LogP contribution < -0.4 is 4.90 Å². The van der Waals surface area contributed by atoms with Crippen molar-refractivity contribution in [2.45, 2.75) is 31.3 Å². The Morgan fingerprint density at radius 1 is 1.21 bits per heavy atom. The highest BCUT2D eigenvalue weighted by Gasteiger charge is 2.21. The van der Waals surface area contributed by atoms with Crippen molar-refractivity contribution in [3.05, 3.63) is 40.4 Å². The summed E-state index contributed by atoms with van der Waals surface area (Å²) < 4.78 is 7.72. The Morgan fingerprint density at radius 2 is 2.00 bits per heavy atom. The van der Waals surface area contributed by atoms with Crippen molar-refractivity contribution in [3.8, 4) is 10.6 Å². The van der Waals surface area contributed by atoms with Crippen LogP contribution in [0.4, 0.5) is 5.95 Å². The van der Waals surface area contributed by atoms with E-state index in [4.69, 9.17) is 21.3 Å². The van der Waals surface area contributed by atoms with Gasteiger partial charge in [0.05, 0.1) is 23.9 Å². The van der Waals surface area contributed by atoms with Crippen molar-refractivity contribution in [2.75, 3.05) is 31.2 Å². The fourth-order valence-corrected chi connectivity index (χ4v) is 5.26. The first-order chi connectivity index (χ1) is 14.1. The van der Waals surface area contributed by atoms with E-state index in [1.165, 1.54) is 0 Å². The van der Waals surface area contributed by atoms with E-state index < -0.39 is 0 Å². The fraction of sp³-hybridized carbons (Fsp3) is 0.450. The lowest BCUT2D eigenvalue weighted by atomic mass is 10.2. The van der Waals surface area contributed by atoms with E-state index in [1.54, 1.807) is 23.1 Å². The molecule has 154 valence electrons. The van der Waals surface area contributed by atoms with Crippen LogP contribution in [0.15, 0.2) is 34.8 Å². The van der Waals surface area contributed by atoms with Gasteiger partial charge < -0.3 is 9.64 Å². The third kappa shape index (κ3) is 4.94. The molecule has 0 spiro atoms. The fourth-order valence-electron chi connectivity index (χ4n) is 3.18. The van der Waals surface area contributed by atoms with E-state index in [-0.39, 0.29) is 0 Å². The van der Waals surface area contributed by atoms with Crippen LogP contribution in [-0.2, 0) is 17.0 Å². The second kappa shape index (κ2) is 9.47. The van der Waals surface area contributed by atoms with E-state index in [0.29, 0.717) is 5.92 Å². The molecular formula is C20H24ClN5OS2. The number of ether oxygens (including phenoxy) is 1. The molecule has 0 amide bonds. The van der Waals surface area contributed by atoms with Gasteiger partial charge in [-0.15, -0.1) is 21.5 Å². The third-order valence-electron chi connectivity index (χ3n) is 4.54. The molecule has 1 aliphatic heterocycles. The average molecular weight is 450 g/mol. The summed E-state index contributed by atoms with van der Waals surface area (Å²) in [7, 11) is 0. The molecule has 0 saturated carbocycles. The van der Waals surface area contributed by atoms with Crippen molar-refractivity contribution in [1.82, 2.24) is 19.7 Å². The molecule has 0 unspecified atom stereocenters. The first kappa shape index (κ1) is 20.7. The van der Waals surface area contributed by atoms with Crippen LogP contribution in [0.3, 0.4) is 0 Å². The third-order valence-corrected chi connectivity index (χ3v) is 6.80. The quantitative estimate of drug-likeness (QED) is 0.481. The second-order valence-electron chi connectivity index (χ2n) is 7.30. The Hall–Kier alpha value is -1.61. The Labute approximate surface area is 184 Å². The normalized spacial score (nSPS) is 14.7. The molecule has 6 nitrogen and oxygen atoms in total. The number of hydrogen-bond acceptors (Lipinski definition) is 7. The lowest BCUT2D eigenvalue weighted by molar-refractivity contribution is 0.121. The number of morpholine rings is 1. The van der Waals surface area contributed by atoms with Gasteiger partial charge in [0.15, 0.2) is 5.16 Å². The summed E-state index contributed by atoms with van der Waals surface area (Å²) in [6, 6.07) is 7.82. The molecule has 29 heavy (non-hydrogen) atoms. The Balaban J connectivity index is 1.49. The zero-order valence-electron chi connectivity index (χ0n) is 16.5. The highest BCUT2D eigenvalue weighted by molar-refractivity contribution is 7.98. The summed E-state index contributed by atoms with van der Waals surface area (Å²) in [5, 5.41) is 13.7. The number of benzene rings is 1. The van der Waals surface area contributed by atoms with E-state index in [9.17, 15) is 0 Å². The van der Waals surface area contributed by atoms with Gasteiger partial charge in [0, 0.05) is 36.3 Å². The topological polar surface area (TPSA) is 56.1 Å². The SMILES string of the molecule is CC(C)Cn1c(SCc2csc(-c3ccccc3Cl)n2)nnc1N1CCOCC1. The van der Waals surface area contributed by atoms with Gasteiger partial charge in [0.2, 0.25) is 5.95 Å². The minimum absolute atomic E-state index is 0.510. The maximum atomic E-state index is 6.31. The van der Waals surface area contributed by atoms with Crippen LogP contribution in [0.5, 0.6) is 0 Å². The lowest BCUT2D eigenvalue weighted by Gasteiger charge is -2.28. The highest BCUT2D eigenvalue weighted by atomic mass is 35.5. The highest BCUT2D eigenvalue weighted by Crippen LogP contribution is 2.32. The molecule has 0 N–H and O–H groups in total. The molecule has 1 aliphatic rings. The van der Waals surface area contributed by atoms with Crippen molar-refractivity contribution >= 4 is 40.6 Å². The summed E-state index contributed by atoms with van der Waals surface area (Å²) in [6.07, 6.45) is 0. The van der Waals surface area contributed by atoms with Gasteiger partial charge in [-0.05, 0) is 12.0 Å². The summed E-state index contributed by atoms with van der Waals surface area (Å²) in [4.78, 5) is 7.04.